The average Bonchev–Trinajstić information content (AvgIpc) is 2.84. The largest absolute Gasteiger partial charge is 0.496 e. The first-order chi connectivity index (χ1) is 12.7. The lowest BCUT2D eigenvalue weighted by molar-refractivity contribution is 0.416. The van der Waals surface area contributed by atoms with Crippen LogP contribution >= 0.6 is 15.9 Å². The van der Waals surface area contributed by atoms with Gasteiger partial charge in [0.05, 0.1) is 12.8 Å². The molecule has 3 aromatic rings. The molecule has 1 aliphatic heterocycles. The number of methoxy groups -OCH3 is 1. The third-order valence-corrected chi connectivity index (χ3v) is 5.11. The second-order valence-electron chi connectivity index (χ2n) is 6.29. The molecule has 0 fully saturated rings. The van der Waals surface area contributed by atoms with Crippen molar-refractivity contribution in [3.63, 3.8) is 0 Å². The van der Waals surface area contributed by atoms with Gasteiger partial charge in [0.2, 0.25) is 0 Å². The zero-order valence-corrected chi connectivity index (χ0v) is 16.0. The van der Waals surface area contributed by atoms with E-state index in [0.717, 1.165) is 58.8 Å². The topological polar surface area (TPSA) is 39.1 Å². The number of aromatic nitrogens is 2. The molecule has 4 nitrogen and oxygen atoms in total. The number of benzene rings is 2. The summed E-state index contributed by atoms with van der Waals surface area (Å²) in [6, 6.07) is 12.3. The Bertz CT molecular complexity index is 937. The molecule has 0 amide bonds. The molecule has 0 atom stereocenters. The Balaban J connectivity index is 1.93. The second kappa shape index (κ2) is 7.11. The zero-order valence-electron chi connectivity index (χ0n) is 14.4. The molecule has 2 heterocycles. The highest BCUT2D eigenvalue weighted by molar-refractivity contribution is 9.10. The van der Waals surface area contributed by atoms with Gasteiger partial charge >= 0.3 is 0 Å². The molecule has 0 radical (unpaired) electrons. The van der Waals surface area contributed by atoms with E-state index in [0.29, 0.717) is 0 Å². The van der Waals surface area contributed by atoms with Gasteiger partial charge in [-0.05, 0) is 61.7 Å². The normalized spacial score (nSPS) is 13.7. The number of rotatable bonds is 3. The van der Waals surface area contributed by atoms with Crippen molar-refractivity contribution in [3.8, 4) is 22.7 Å². The van der Waals surface area contributed by atoms with Crippen molar-refractivity contribution in [3.05, 3.63) is 58.3 Å². The van der Waals surface area contributed by atoms with E-state index in [1.165, 1.54) is 17.7 Å². The predicted molar refractivity (Wildman–Crippen MR) is 105 cm³/mol. The lowest BCUT2D eigenvalue weighted by atomic mass is 10.0. The lowest BCUT2D eigenvalue weighted by Crippen LogP contribution is -2.07. The molecular weight excluding hydrogens is 397 g/mol. The van der Waals surface area contributed by atoms with Gasteiger partial charge in [-0.3, -0.25) is 0 Å². The predicted octanol–water partition coefficient (Wildman–Crippen LogP) is 5.20. The van der Waals surface area contributed by atoms with E-state index < -0.39 is 0 Å². The number of nitrogens with zero attached hydrogens (tertiary/aromatic N) is 2. The maximum Gasteiger partial charge on any atom is 0.133 e. The van der Waals surface area contributed by atoms with Crippen LogP contribution in [0.5, 0.6) is 5.75 Å². The summed E-state index contributed by atoms with van der Waals surface area (Å²) >= 11 is 3.55. The Morgan fingerprint density at radius 1 is 1.15 bits per heavy atom. The number of hydrogen-bond acceptors (Lipinski definition) is 3. The maximum atomic E-state index is 13.4. The molecule has 0 unspecified atom stereocenters. The van der Waals surface area contributed by atoms with E-state index in [4.69, 9.17) is 9.84 Å². The van der Waals surface area contributed by atoms with Gasteiger partial charge < -0.3 is 10.1 Å². The van der Waals surface area contributed by atoms with Crippen molar-refractivity contribution in [2.24, 2.45) is 0 Å². The van der Waals surface area contributed by atoms with Gasteiger partial charge in [0.25, 0.3) is 0 Å². The smallest absolute Gasteiger partial charge is 0.133 e. The van der Waals surface area contributed by atoms with E-state index >= 15 is 0 Å². The van der Waals surface area contributed by atoms with E-state index in [-0.39, 0.29) is 5.82 Å². The number of nitrogens with one attached hydrogen (secondary N) is 1. The monoisotopic (exact) mass is 415 g/mol. The van der Waals surface area contributed by atoms with E-state index in [2.05, 4.69) is 21.2 Å². The van der Waals surface area contributed by atoms with Crippen LogP contribution in [0.2, 0.25) is 0 Å². The van der Waals surface area contributed by atoms with Crippen LogP contribution in [0.15, 0.2) is 46.9 Å². The molecule has 1 aliphatic rings. The van der Waals surface area contributed by atoms with Gasteiger partial charge in [-0.15, -0.1) is 0 Å². The van der Waals surface area contributed by atoms with Crippen LogP contribution in [-0.4, -0.2) is 23.4 Å². The minimum atomic E-state index is -0.256. The van der Waals surface area contributed by atoms with Crippen LogP contribution in [0.3, 0.4) is 0 Å². The summed E-state index contributed by atoms with van der Waals surface area (Å²) in [5, 5.41) is 8.39. The first-order valence-corrected chi connectivity index (χ1v) is 9.42. The van der Waals surface area contributed by atoms with E-state index in [1.54, 1.807) is 19.2 Å². The fraction of sp³-hybridized carbons (Fsp3) is 0.250. The molecule has 134 valence electrons. The Morgan fingerprint density at radius 3 is 2.73 bits per heavy atom. The van der Waals surface area contributed by atoms with Gasteiger partial charge in [0.15, 0.2) is 0 Å². The summed E-state index contributed by atoms with van der Waals surface area (Å²) < 4.78 is 21.8. The van der Waals surface area contributed by atoms with Gasteiger partial charge in [-0.25, -0.2) is 9.07 Å². The van der Waals surface area contributed by atoms with Crippen molar-refractivity contribution in [2.45, 2.75) is 19.3 Å². The molecule has 0 spiro atoms. The third kappa shape index (κ3) is 3.09. The van der Waals surface area contributed by atoms with Crippen LogP contribution in [0, 0.1) is 5.82 Å². The van der Waals surface area contributed by atoms with Crippen LogP contribution in [0.1, 0.15) is 18.4 Å². The van der Waals surface area contributed by atoms with Crippen molar-refractivity contribution in [2.75, 3.05) is 19.0 Å². The fourth-order valence-corrected chi connectivity index (χ4v) is 3.71. The molecule has 0 saturated heterocycles. The van der Waals surface area contributed by atoms with Crippen molar-refractivity contribution < 1.29 is 9.13 Å². The first kappa shape index (κ1) is 17.1. The highest BCUT2D eigenvalue weighted by Crippen LogP contribution is 2.39. The van der Waals surface area contributed by atoms with Gasteiger partial charge in [0, 0.05) is 22.1 Å². The Kier molecular flexibility index (Phi) is 4.68. The molecule has 0 saturated carbocycles. The lowest BCUT2D eigenvalue weighted by Gasteiger charge is -2.09. The number of fused-ring (bicyclic) bond motifs is 1. The Morgan fingerprint density at radius 2 is 1.96 bits per heavy atom. The molecule has 0 aliphatic carbocycles. The fourth-order valence-electron chi connectivity index (χ4n) is 3.35. The quantitative estimate of drug-likeness (QED) is 0.638. The standard InChI is InChI=1S/C20H19BrFN3O/c1-26-18-10-5-13(21)12-17(18)19-16-4-2-3-11-23-20(16)25(24-19)15-8-6-14(22)7-9-15/h5-10,12,23H,2-4,11H2,1H3. The molecular formula is C20H19BrFN3O. The molecule has 26 heavy (non-hydrogen) atoms. The highest BCUT2D eigenvalue weighted by atomic mass is 79.9. The van der Waals surface area contributed by atoms with Crippen molar-refractivity contribution in [1.82, 2.24) is 9.78 Å². The summed E-state index contributed by atoms with van der Waals surface area (Å²) in [5.41, 5.74) is 3.85. The van der Waals surface area contributed by atoms with Crippen LogP contribution < -0.4 is 10.1 Å². The third-order valence-electron chi connectivity index (χ3n) is 4.62. The summed E-state index contributed by atoms with van der Waals surface area (Å²) in [4.78, 5) is 0. The molecule has 4 rings (SSSR count). The molecule has 0 bridgehead atoms. The summed E-state index contributed by atoms with van der Waals surface area (Å²) in [6.45, 7) is 0.898. The molecule has 6 heteroatoms. The number of ether oxygens (including phenoxy) is 1. The summed E-state index contributed by atoms with van der Waals surface area (Å²) in [6.07, 6.45) is 3.14. The maximum absolute atomic E-state index is 13.4. The molecule has 1 N–H and O–H groups in total. The zero-order chi connectivity index (χ0) is 18.1. The minimum absolute atomic E-state index is 0.256. The number of anilines is 1. The van der Waals surface area contributed by atoms with Crippen molar-refractivity contribution in [1.29, 1.82) is 0 Å². The van der Waals surface area contributed by atoms with Gasteiger partial charge in [-0.1, -0.05) is 15.9 Å². The van der Waals surface area contributed by atoms with Gasteiger partial charge in [0.1, 0.15) is 23.1 Å². The molecule has 2 aromatic carbocycles. The number of hydrogen-bond donors (Lipinski definition) is 1. The minimum Gasteiger partial charge on any atom is -0.496 e. The first-order valence-electron chi connectivity index (χ1n) is 8.63. The molecule has 1 aromatic heterocycles. The number of halogens is 2. The summed E-state index contributed by atoms with van der Waals surface area (Å²) in [7, 11) is 1.67. The van der Waals surface area contributed by atoms with Crippen molar-refractivity contribution >= 4 is 21.7 Å². The average molecular weight is 416 g/mol. The van der Waals surface area contributed by atoms with E-state index in [9.17, 15) is 4.39 Å². The van der Waals surface area contributed by atoms with Crippen LogP contribution in [0.25, 0.3) is 16.9 Å². The SMILES string of the molecule is COc1ccc(Br)cc1-c1nn(-c2ccc(F)cc2)c2c1CCCCN2. The highest BCUT2D eigenvalue weighted by Gasteiger charge is 2.23. The Hall–Kier alpha value is -2.34. The van der Waals surface area contributed by atoms with Gasteiger partial charge in [-0.2, -0.15) is 5.10 Å². The van der Waals surface area contributed by atoms with E-state index in [1.807, 2.05) is 22.9 Å². The summed E-state index contributed by atoms with van der Waals surface area (Å²) in [5.74, 6) is 1.50. The second-order valence-corrected chi connectivity index (χ2v) is 7.21. The van der Waals surface area contributed by atoms with Crippen LogP contribution in [-0.2, 0) is 6.42 Å². The van der Waals surface area contributed by atoms with Crippen LogP contribution in [0.4, 0.5) is 10.2 Å². The Labute approximate surface area is 160 Å².